The number of aromatic nitrogens is 3. The van der Waals surface area contributed by atoms with Crippen LogP contribution in [0.15, 0.2) is 42.9 Å². The highest BCUT2D eigenvalue weighted by Crippen LogP contribution is 2.34. The molecule has 9 heteroatoms. The molecular formula is C25H32ClN7O. The Morgan fingerprint density at radius 3 is 2.68 bits per heavy atom. The second-order valence-electron chi connectivity index (χ2n) is 10.1. The number of nitrogens with zero attached hydrogens (tertiary/aromatic N) is 6. The minimum Gasteiger partial charge on any atom is -0.368 e. The molecule has 2 saturated heterocycles. The van der Waals surface area contributed by atoms with E-state index in [9.17, 15) is 4.79 Å². The molecular weight excluding hydrogens is 450 g/mol. The summed E-state index contributed by atoms with van der Waals surface area (Å²) in [6.07, 6.45) is 5.54. The van der Waals surface area contributed by atoms with Crippen molar-refractivity contribution in [2.75, 3.05) is 49.6 Å². The molecule has 5 heterocycles. The first-order chi connectivity index (χ1) is 16.2. The van der Waals surface area contributed by atoms with Gasteiger partial charge in [-0.25, -0.2) is 9.97 Å². The summed E-state index contributed by atoms with van der Waals surface area (Å²) in [6.45, 7) is 10.4. The smallest absolute Gasteiger partial charge is 0.227 e. The molecule has 3 aromatic rings. The van der Waals surface area contributed by atoms with E-state index in [-0.39, 0.29) is 11.8 Å². The zero-order valence-electron chi connectivity index (χ0n) is 20.2. The summed E-state index contributed by atoms with van der Waals surface area (Å²) in [4.78, 5) is 29.0. The number of pyridine rings is 2. The monoisotopic (exact) mass is 481 g/mol. The van der Waals surface area contributed by atoms with Crippen LogP contribution in [0, 0.1) is 5.92 Å². The van der Waals surface area contributed by atoms with Crippen molar-refractivity contribution in [3.8, 4) is 0 Å². The van der Waals surface area contributed by atoms with Crippen LogP contribution in [0.1, 0.15) is 26.5 Å². The predicted octanol–water partition coefficient (Wildman–Crippen LogP) is 3.01. The van der Waals surface area contributed by atoms with E-state index in [1.54, 1.807) is 6.20 Å². The van der Waals surface area contributed by atoms with Crippen molar-refractivity contribution in [3.63, 3.8) is 0 Å². The van der Waals surface area contributed by atoms with Gasteiger partial charge in [0.1, 0.15) is 11.5 Å². The number of amides is 1. The number of anilines is 2. The SMILES string of the molecule is C[C@H]1CN(c2cc(N3CC(C(=O)NC(C)(C)c4cnc5ccccn45)C3)c(Cl)cn2)CCN1C. The summed E-state index contributed by atoms with van der Waals surface area (Å²) in [5.74, 6) is 0.904. The van der Waals surface area contributed by atoms with Crippen LogP contribution in [0.4, 0.5) is 11.5 Å². The molecule has 180 valence electrons. The fraction of sp³-hybridized carbons (Fsp3) is 0.480. The molecule has 1 N–H and O–H groups in total. The van der Waals surface area contributed by atoms with Gasteiger partial charge >= 0.3 is 0 Å². The standard InChI is InChI=1S/C25H32ClN7O/c1-17-14-31(10-9-30(17)4)23-11-20(19(26)12-27-23)32-15-18(16-32)24(34)29-25(2,3)21-13-28-22-7-5-6-8-33(21)22/h5-8,11-13,17-18H,9-10,14-16H2,1-4H3,(H,29,34)/t17-/m0/s1. The van der Waals surface area contributed by atoms with Gasteiger partial charge in [-0.05, 0) is 40.0 Å². The topological polar surface area (TPSA) is 69.0 Å². The molecule has 2 aliphatic rings. The molecule has 1 atom stereocenters. The van der Waals surface area contributed by atoms with E-state index >= 15 is 0 Å². The molecule has 0 spiro atoms. The Morgan fingerprint density at radius 1 is 1.12 bits per heavy atom. The normalized spacial score (nSPS) is 20.0. The number of hydrogen-bond donors (Lipinski definition) is 1. The Morgan fingerprint density at radius 2 is 1.91 bits per heavy atom. The molecule has 0 bridgehead atoms. The van der Waals surface area contributed by atoms with Crippen molar-refractivity contribution in [1.29, 1.82) is 0 Å². The molecule has 34 heavy (non-hydrogen) atoms. The summed E-state index contributed by atoms with van der Waals surface area (Å²) in [7, 11) is 2.16. The van der Waals surface area contributed by atoms with Crippen LogP contribution in [-0.2, 0) is 10.3 Å². The molecule has 2 fully saturated rings. The minimum absolute atomic E-state index is 0.0467. The van der Waals surface area contributed by atoms with Gasteiger partial charge in [0.05, 0.1) is 40.3 Å². The van der Waals surface area contributed by atoms with Crippen molar-refractivity contribution in [2.24, 2.45) is 5.92 Å². The molecule has 3 aromatic heterocycles. The molecule has 0 saturated carbocycles. The summed E-state index contributed by atoms with van der Waals surface area (Å²) in [5, 5.41) is 3.85. The largest absolute Gasteiger partial charge is 0.368 e. The van der Waals surface area contributed by atoms with Crippen molar-refractivity contribution in [3.05, 3.63) is 53.6 Å². The first kappa shape index (κ1) is 22.9. The quantitative estimate of drug-likeness (QED) is 0.604. The highest BCUT2D eigenvalue weighted by molar-refractivity contribution is 6.33. The number of rotatable bonds is 5. The molecule has 2 aliphatic heterocycles. The lowest BCUT2D eigenvalue weighted by molar-refractivity contribution is -0.127. The maximum absolute atomic E-state index is 13.1. The van der Waals surface area contributed by atoms with Crippen LogP contribution >= 0.6 is 11.6 Å². The maximum atomic E-state index is 13.1. The first-order valence-electron chi connectivity index (χ1n) is 11.8. The van der Waals surface area contributed by atoms with Gasteiger partial charge in [-0.1, -0.05) is 17.7 Å². The van der Waals surface area contributed by atoms with Crippen LogP contribution in [-0.4, -0.2) is 71.0 Å². The average molecular weight is 482 g/mol. The summed E-state index contributed by atoms with van der Waals surface area (Å²) in [6, 6.07) is 8.43. The van der Waals surface area contributed by atoms with Crippen LogP contribution < -0.4 is 15.1 Å². The van der Waals surface area contributed by atoms with E-state index in [2.05, 4.69) is 50.0 Å². The number of fused-ring (bicyclic) bond motifs is 1. The number of nitrogens with one attached hydrogen (secondary N) is 1. The van der Waals surface area contributed by atoms with Gasteiger partial charge in [0.2, 0.25) is 5.91 Å². The summed E-state index contributed by atoms with van der Waals surface area (Å²) in [5.41, 5.74) is 2.23. The van der Waals surface area contributed by atoms with Gasteiger partial charge in [-0.15, -0.1) is 0 Å². The maximum Gasteiger partial charge on any atom is 0.227 e. The highest BCUT2D eigenvalue weighted by atomic mass is 35.5. The molecule has 0 aliphatic carbocycles. The third kappa shape index (κ3) is 4.20. The fourth-order valence-corrected chi connectivity index (χ4v) is 5.02. The second-order valence-corrected chi connectivity index (χ2v) is 10.5. The Labute approximate surface area is 205 Å². The van der Waals surface area contributed by atoms with Gasteiger partial charge < -0.3 is 24.4 Å². The zero-order valence-corrected chi connectivity index (χ0v) is 21.0. The molecule has 5 rings (SSSR count). The summed E-state index contributed by atoms with van der Waals surface area (Å²) >= 11 is 6.51. The predicted molar refractivity (Wildman–Crippen MR) is 136 cm³/mol. The Balaban J connectivity index is 1.24. The third-order valence-corrected chi connectivity index (χ3v) is 7.48. The Hall–Kier alpha value is -2.84. The number of carbonyl (C=O) groups excluding carboxylic acids is 1. The second kappa shape index (κ2) is 8.74. The van der Waals surface area contributed by atoms with Gasteiger partial charge in [0.25, 0.3) is 0 Å². The lowest BCUT2D eigenvalue weighted by Crippen LogP contribution is -2.56. The van der Waals surface area contributed by atoms with Crippen molar-refractivity contribution < 1.29 is 4.79 Å². The molecule has 1 amide bonds. The number of piperazine rings is 1. The van der Waals surface area contributed by atoms with Crippen molar-refractivity contribution >= 4 is 34.7 Å². The number of imidazole rings is 1. The average Bonchev–Trinajstić information content (AvgIpc) is 3.21. The van der Waals surface area contributed by atoms with Crippen LogP contribution in [0.5, 0.6) is 0 Å². The van der Waals surface area contributed by atoms with Gasteiger partial charge in [0, 0.05) is 51.0 Å². The number of likely N-dealkylation sites (N-methyl/N-ethyl adjacent to an activating group) is 1. The fourth-order valence-electron chi connectivity index (χ4n) is 4.80. The zero-order chi connectivity index (χ0) is 24.0. The van der Waals surface area contributed by atoms with Gasteiger partial charge in [-0.2, -0.15) is 0 Å². The van der Waals surface area contributed by atoms with E-state index < -0.39 is 5.54 Å². The highest BCUT2D eigenvalue weighted by Gasteiger charge is 2.37. The molecule has 0 unspecified atom stereocenters. The lowest BCUT2D eigenvalue weighted by atomic mass is 9.94. The Kier molecular flexibility index (Phi) is 5.90. The molecule has 0 radical (unpaired) electrons. The number of hydrogen-bond acceptors (Lipinski definition) is 6. The van der Waals surface area contributed by atoms with Crippen LogP contribution in [0.2, 0.25) is 5.02 Å². The van der Waals surface area contributed by atoms with E-state index in [4.69, 9.17) is 11.6 Å². The lowest BCUT2D eigenvalue weighted by Gasteiger charge is -2.42. The first-order valence-corrected chi connectivity index (χ1v) is 12.2. The van der Waals surface area contributed by atoms with Crippen molar-refractivity contribution in [1.82, 2.24) is 24.6 Å². The molecule has 0 aromatic carbocycles. The van der Waals surface area contributed by atoms with Gasteiger partial charge in [-0.3, -0.25) is 4.79 Å². The van der Waals surface area contributed by atoms with Crippen LogP contribution in [0.3, 0.4) is 0 Å². The number of halogens is 1. The number of carbonyl (C=O) groups is 1. The van der Waals surface area contributed by atoms with E-state index in [1.807, 2.05) is 48.8 Å². The van der Waals surface area contributed by atoms with E-state index in [0.29, 0.717) is 24.2 Å². The van der Waals surface area contributed by atoms with Gasteiger partial charge in [0.15, 0.2) is 0 Å². The summed E-state index contributed by atoms with van der Waals surface area (Å²) < 4.78 is 2.02. The van der Waals surface area contributed by atoms with Crippen LogP contribution in [0.25, 0.3) is 5.65 Å². The Bertz CT molecular complexity index is 1200. The molecule has 8 nitrogen and oxygen atoms in total. The van der Waals surface area contributed by atoms with Crippen molar-refractivity contribution in [2.45, 2.75) is 32.4 Å². The third-order valence-electron chi connectivity index (χ3n) is 7.19. The van der Waals surface area contributed by atoms with E-state index in [0.717, 1.165) is 42.5 Å². The minimum atomic E-state index is -0.544. The van der Waals surface area contributed by atoms with E-state index in [1.165, 1.54) is 0 Å².